The predicted octanol–water partition coefficient (Wildman–Crippen LogP) is 6.17. The van der Waals surface area contributed by atoms with Crippen LogP contribution in [0.4, 0.5) is 0 Å². The Balaban J connectivity index is 1.33. The van der Waals surface area contributed by atoms with Crippen LogP contribution in [0.1, 0.15) is 61.6 Å². The van der Waals surface area contributed by atoms with Gasteiger partial charge in [0.05, 0.1) is 13.7 Å². The molecule has 0 unspecified atom stereocenters. The Morgan fingerprint density at radius 2 is 1.67 bits per heavy atom. The lowest BCUT2D eigenvalue weighted by atomic mass is 9.48. The van der Waals surface area contributed by atoms with E-state index in [1.54, 1.807) is 0 Å². The van der Waals surface area contributed by atoms with E-state index in [0.717, 1.165) is 47.5 Å². The maximum Gasteiger partial charge on any atom is 0.122 e. The van der Waals surface area contributed by atoms with Crippen LogP contribution >= 0.6 is 0 Å². The summed E-state index contributed by atoms with van der Waals surface area (Å²) < 4.78 is 5.94. The van der Waals surface area contributed by atoms with E-state index >= 15 is 0 Å². The van der Waals surface area contributed by atoms with Crippen LogP contribution in [0.5, 0.6) is 5.75 Å². The van der Waals surface area contributed by atoms with Gasteiger partial charge in [-0.15, -0.1) is 0 Å². The van der Waals surface area contributed by atoms with Gasteiger partial charge in [0.1, 0.15) is 5.75 Å². The zero-order valence-corrected chi connectivity index (χ0v) is 18.1. The molecule has 4 aliphatic rings. The van der Waals surface area contributed by atoms with Crippen molar-refractivity contribution in [2.24, 2.45) is 17.8 Å². The van der Waals surface area contributed by atoms with Gasteiger partial charge >= 0.3 is 0 Å². The average molecular weight is 403 g/mol. The molecule has 2 nitrogen and oxygen atoms in total. The summed E-state index contributed by atoms with van der Waals surface area (Å²) in [5, 5.41) is 9.76. The highest BCUT2D eigenvalue weighted by molar-refractivity contribution is 5.66. The first kappa shape index (κ1) is 19.9. The number of hydrogen-bond acceptors (Lipinski definition) is 2. The Labute approximate surface area is 181 Å². The molecule has 30 heavy (non-hydrogen) atoms. The second-order valence-electron chi connectivity index (χ2n) is 10.0. The summed E-state index contributed by atoms with van der Waals surface area (Å²) in [5.74, 6) is 3.94. The fourth-order valence-electron chi connectivity index (χ4n) is 7.11. The van der Waals surface area contributed by atoms with E-state index < -0.39 is 0 Å². The van der Waals surface area contributed by atoms with E-state index in [-0.39, 0.29) is 6.61 Å². The second-order valence-corrected chi connectivity index (χ2v) is 10.0. The van der Waals surface area contributed by atoms with Crippen LogP contribution in [0, 0.1) is 17.8 Å². The van der Waals surface area contributed by atoms with Crippen molar-refractivity contribution >= 4 is 5.57 Å². The number of hydrogen-bond donors (Lipinski definition) is 1. The summed E-state index contributed by atoms with van der Waals surface area (Å²) in [6, 6.07) is 17.2. The van der Waals surface area contributed by atoms with E-state index in [1.807, 2.05) is 25.3 Å². The van der Waals surface area contributed by atoms with Crippen LogP contribution in [0.15, 0.2) is 54.6 Å². The van der Waals surface area contributed by atoms with Crippen molar-refractivity contribution in [3.05, 3.63) is 71.3 Å². The summed E-state index contributed by atoms with van der Waals surface area (Å²) in [7, 11) is 1.84. The fraction of sp³-hybridized carbons (Fsp3) is 0.500. The highest BCUT2D eigenvalue weighted by atomic mass is 16.5. The largest absolute Gasteiger partial charge is 0.496 e. The molecule has 0 saturated heterocycles. The summed E-state index contributed by atoms with van der Waals surface area (Å²) in [6.07, 6.45) is 12.6. The zero-order chi connectivity index (χ0) is 20.6. The molecule has 0 radical (unpaired) electrons. The average Bonchev–Trinajstić information content (AvgIpc) is 2.76. The molecule has 0 amide bonds. The third-order valence-corrected chi connectivity index (χ3v) is 8.01. The van der Waals surface area contributed by atoms with Gasteiger partial charge in [0, 0.05) is 5.56 Å². The first-order valence-electron chi connectivity index (χ1n) is 11.7. The maximum absolute atomic E-state index is 9.76. The fourth-order valence-corrected chi connectivity index (χ4v) is 7.11. The van der Waals surface area contributed by atoms with Crippen molar-refractivity contribution in [3.8, 4) is 5.75 Å². The summed E-state index contributed by atoms with van der Waals surface area (Å²) in [4.78, 5) is 0. The number of allylic oxidation sites excluding steroid dienone is 1. The number of rotatable bonds is 7. The summed E-state index contributed by atoms with van der Waals surface area (Å²) in [6.45, 7) is 0.0816. The second kappa shape index (κ2) is 8.23. The number of ether oxygens (including phenoxy) is 1. The third-order valence-electron chi connectivity index (χ3n) is 8.01. The molecular formula is C28H34O2. The van der Waals surface area contributed by atoms with E-state index in [4.69, 9.17) is 4.74 Å². The lowest BCUT2D eigenvalue weighted by Crippen LogP contribution is -2.48. The quantitative estimate of drug-likeness (QED) is 0.600. The Bertz CT molecular complexity index is 876. The van der Waals surface area contributed by atoms with Crippen LogP contribution in [0.2, 0.25) is 0 Å². The Morgan fingerprint density at radius 1 is 1.00 bits per heavy atom. The van der Waals surface area contributed by atoms with Gasteiger partial charge in [-0.1, -0.05) is 48.5 Å². The van der Waals surface area contributed by atoms with Gasteiger partial charge in [-0.3, -0.25) is 0 Å². The van der Waals surface area contributed by atoms with E-state index in [0.29, 0.717) is 5.41 Å². The van der Waals surface area contributed by atoms with Crippen molar-refractivity contribution in [3.63, 3.8) is 0 Å². The smallest absolute Gasteiger partial charge is 0.122 e. The highest BCUT2D eigenvalue weighted by Crippen LogP contribution is 2.61. The molecule has 0 aliphatic heterocycles. The van der Waals surface area contributed by atoms with Crippen LogP contribution in [-0.2, 0) is 11.8 Å². The number of aryl methyl sites for hydroxylation is 1. The molecule has 4 saturated carbocycles. The molecule has 0 spiro atoms. The maximum atomic E-state index is 9.76. The Hall–Kier alpha value is -2.06. The predicted molar refractivity (Wildman–Crippen MR) is 123 cm³/mol. The first-order chi connectivity index (χ1) is 14.7. The number of benzene rings is 2. The lowest BCUT2D eigenvalue weighted by molar-refractivity contribution is -0.00616. The van der Waals surface area contributed by atoms with Crippen LogP contribution < -0.4 is 4.74 Å². The summed E-state index contributed by atoms with van der Waals surface area (Å²) >= 11 is 0. The van der Waals surface area contributed by atoms with Gasteiger partial charge in [-0.05, 0) is 97.3 Å². The molecule has 2 aromatic rings. The minimum Gasteiger partial charge on any atom is -0.496 e. The topological polar surface area (TPSA) is 29.5 Å². The van der Waals surface area contributed by atoms with Gasteiger partial charge in [-0.2, -0.15) is 0 Å². The Kier molecular flexibility index (Phi) is 5.45. The van der Waals surface area contributed by atoms with Crippen molar-refractivity contribution in [1.82, 2.24) is 0 Å². The first-order valence-corrected chi connectivity index (χ1v) is 11.7. The molecule has 158 valence electrons. The van der Waals surface area contributed by atoms with Crippen LogP contribution in [0.3, 0.4) is 0 Å². The van der Waals surface area contributed by atoms with Crippen LogP contribution in [-0.4, -0.2) is 18.8 Å². The minimum atomic E-state index is 0.0816. The van der Waals surface area contributed by atoms with Gasteiger partial charge in [0.15, 0.2) is 0 Å². The number of aliphatic hydroxyl groups excluding tert-OH is 1. The van der Waals surface area contributed by atoms with Crippen molar-refractivity contribution in [2.75, 3.05) is 13.7 Å². The molecular weight excluding hydrogens is 368 g/mol. The highest BCUT2D eigenvalue weighted by Gasteiger charge is 2.52. The van der Waals surface area contributed by atoms with Gasteiger partial charge < -0.3 is 9.84 Å². The molecule has 1 N–H and O–H groups in total. The third kappa shape index (κ3) is 3.71. The SMILES string of the molecule is COc1cc(CC/C=C(\CO)c2ccccc2)ccc1C12CC3CC(CC(C3)C1)C2. The van der Waals surface area contributed by atoms with Gasteiger partial charge in [0.2, 0.25) is 0 Å². The summed E-state index contributed by atoms with van der Waals surface area (Å²) in [5.41, 5.74) is 5.28. The molecule has 2 aromatic carbocycles. The molecule has 4 aliphatic carbocycles. The number of methoxy groups -OCH3 is 1. The minimum absolute atomic E-state index is 0.0816. The zero-order valence-electron chi connectivity index (χ0n) is 18.1. The normalized spacial score (nSPS) is 29.9. The molecule has 6 rings (SSSR count). The van der Waals surface area contributed by atoms with Gasteiger partial charge in [0.25, 0.3) is 0 Å². The lowest BCUT2D eigenvalue weighted by Gasteiger charge is -2.57. The van der Waals surface area contributed by atoms with Gasteiger partial charge in [-0.25, -0.2) is 0 Å². The molecule has 0 atom stereocenters. The molecule has 0 heterocycles. The monoisotopic (exact) mass is 402 g/mol. The molecule has 2 heteroatoms. The van der Waals surface area contributed by atoms with Crippen molar-refractivity contribution in [1.29, 1.82) is 0 Å². The molecule has 4 bridgehead atoms. The molecule has 4 fully saturated rings. The van der Waals surface area contributed by atoms with Crippen molar-refractivity contribution < 1.29 is 9.84 Å². The Morgan fingerprint density at radius 3 is 2.27 bits per heavy atom. The van der Waals surface area contributed by atoms with Crippen molar-refractivity contribution in [2.45, 2.75) is 56.8 Å². The molecule has 0 aromatic heterocycles. The van der Waals surface area contributed by atoms with E-state index in [9.17, 15) is 5.11 Å². The standard InChI is InChI=1S/C28H34O2/c1-30-27-15-20(6-5-9-25(19-29)24-7-3-2-4-8-24)10-11-26(27)28-16-21-12-22(17-28)14-23(13-21)18-28/h2-4,7-11,15,21-23,29H,5-6,12-14,16-19H2,1H3/b25-9+. The number of aliphatic hydroxyl groups is 1. The van der Waals surface area contributed by atoms with E-state index in [1.165, 1.54) is 49.7 Å². The van der Waals surface area contributed by atoms with Crippen LogP contribution in [0.25, 0.3) is 5.57 Å². The van der Waals surface area contributed by atoms with E-state index in [2.05, 4.69) is 36.4 Å².